The first-order valence-electron chi connectivity index (χ1n) is 6.39. The number of ether oxygens (including phenoxy) is 2. The Kier molecular flexibility index (Phi) is 6.25. The lowest BCUT2D eigenvalue weighted by atomic mass is 10.3. The second kappa shape index (κ2) is 7.48. The zero-order valence-corrected chi connectivity index (χ0v) is 13.3. The van der Waals surface area contributed by atoms with Gasteiger partial charge in [-0.1, -0.05) is 0 Å². The number of aliphatic hydroxyl groups is 1. The number of likely N-dealkylation sites (N-methyl/N-ethyl adjacent to an activating group) is 1. The van der Waals surface area contributed by atoms with Gasteiger partial charge in [-0.05, 0) is 7.05 Å². The molecule has 0 unspecified atom stereocenters. The van der Waals surface area contributed by atoms with E-state index < -0.39 is 9.84 Å². The van der Waals surface area contributed by atoms with Crippen molar-refractivity contribution in [1.29, 1.82) is 0 Å². The summed E-state index contributed by atoms with van der Waals surface area (Å²) < 4.78 is 35.0. The molecule has 0 aliphatic carbocycles. The van der Waals surface area contributed by atoms with Gasteiger partial charge in [0.1, 0.15) is 16.4 Å². The van der Waals surface area contributed by atoms with E-state index in [1.807, 2.05) is 0 Å². The molecule has 0 atom stereocenters. The van der Waals surface area contributed by atoms with E-state index in [9.17, 15) is 8.42 Å². The molecule has 0 fully saturated rings. The summed E-state index contributed by atoms with van der Waals surface area (Å²) in [6.45, 7) is 0.700. The molecule has 8 heteroatoms. The van der Waals surface area contributed by atoms with Crippen LogP contribution in [-0.2, 0) is 9.84 Å². The Balaban J connectivity index is 3.06. The molecule has 1 aromatic carbocycles. The smallest absolute Gasteiger partial charge is 0.183 e. The van der Waals surface area contributed by atoms with E-state index in [0.29, 0.717) is 18.8 Å². The first-order valence-corrected chi connectivity index (χ1v) is 8.04. The van der Waals surface area contributed by atoms with E-state index in [1.165, 1.54) is 26.4 Å². The molecule has 0 saturated carbocycles. The predicted molar refractivity (Wildman–Crippen MR) is 80.6 cm³/mol. The van der Waals surface area contributed by atoms with Gasteiger partial charge in [0.05, 0.1) is 32.3 Å². The second-order valence-corrected chi connectivity index (χ2v) is 6.67. The van der Waals surface area contributed by atoms with Crippen molar-refractivity contribution in [3.8, 4) is 11.5 Å². The molecule has 120 valence electrons. The van der Waals surface area contributed by atoms with E-state index in [1.54, 1.807) is 11.9 Å². The van der Waals surface area contributed by atoms with Crippen molar-refractivity contribution in [2.24, 2.45) is 0 Å². The number of nitrogens with two attached hydrogens (primary N) is 1. The third-order valence-electron chi connectivity index (χ3n) is 3.07. The Morgan fingerprint density at radius 3 is 2.33 bits per heavy atom. The van der Waals surface area contributed by atoms with Gasteiger partial charge in [0.15, 0.2) is 9.84 Å². The quantitative estimate of drug-likeness (QED) is 0.650. The van der Waals surface area contributed by atoms with Gasteiger partial charge in [-0.2, -0.15) is 0 Å². The molecule has 0 aliphatic heterocycles. The summed E-state index contributed by atoms with van der Waals surface area (Å²) in [7, 11) is 1.00. The van der Waals surface area contributed by atoms with Gasteiger partial charge >= 0.3 is 0 Å². The second-order valence-electron chi connectivity index (χ2n) is 4.59. The fourth-order valence-electron chi connectivity index (χ4n) is 1.80. The number of methoxy groups -OCH3 is 2. The minimum absolute atomic E-state index is 0.0183. The van der Waals surface area contributed by atoms with Crippen LogP contribution in [0.2, 0.25) is 0 Å². The van der Waals surface area contributed by atoms with E-state index in [4.69, 9.17) is 20.3 Å². The number of hydrogen-bond donors (Lipinski definition) is 2. The largest absolute Gasteiger partial charge is 0.495 e. The van der Waals surface area contributed by atoms with Crippen LogP contribution in [0, 0.1) is 0 Å². The maximum Gasteiger partial charge on any atom is 0.183 e. The minimum Gasteiger partial charge on any atom is -0.495 e. The number of nitrogens with zero attached hydrogens (tertiary/aromatic N) is 1. The highest BCUT2D eigenvalue weighted by Crippen LogP contribution is 2.34. The summed E-state index contributed by atoms with van der Waals surface area (Å²) in [4.78, 5) is 1.78. The number of benzene rings is 1. The first kappa shape index (κ1) is 17.5. The highest BCUT2D eigenvalue weighted by atomic mass is 32.2. The predicted octanol–water partition coefficient (Wildman–Crippen LogP) is -0.0162. The summed E-state index contributed by atoms with van der Waals surface area (Å²) in [5.74, 6) is 0.392. The van der Waals surface area contributed by atoms with Crippen molar-refractivity contribution in [2.75, 3.05) is 52.5 Å². The lowest BCUT2D eigenvalue weighted by Gasteiger charge is -2.17. The number of nitrogen functional groups attached to an aromatic ring is 1. The van der Waals surface area contributed by atoms with Crippen LogP contribution in [0.4, 0.5) is 5.69 Å². The Labute approximate surface area is 125 Å². The lowest BCUT2D eigenvalue weighted by Crippen LogP contribution is -2.28. The van der Waals surface area contributed by atoms with Crippen molar-refractivity contribution >= 4 is 15.5 Å². The number of aliphatic hydroxyl groups excluding tert-OH is 1. The zero-order valence-electron chi connectivity index (χ0n) is 12.5. The topological polar surface area (TPSA) is 102 Å². The molecule has 21 heavy (non-hydrogen) atoms. The van der Waals surface area contributed by atoms with Gasteiger partial charge < -0.3 is 25.2 Å². The van der Waals surface area contributed by atoms with Crippen LogP contribution in [0.1, 0.15) is 0 Å². The highest BCUT2D eigenvalue weighted by Gasteiger charge is 2.22. The van der Waals surface area contributed by atoms with Crippen LogP contribution in [-0.4, -0.2) is 65.1 Å². The van der Waals surface area contributed by atoms with E-state index >= 15 is 0 Å². The summed E-state index contributed by atoms with van der Waals surface area (Å²) in [6, 6.07) is 2.80. The van der Waals surface area contributed by atoms with E-state index in [0.717, 1.165) is 0 Å². The SMILES string of the molecule is COc1cc(S(=O)(=O)CCN(C)CCO)c(OC)cc1N. The van der Waals surface area contributed by atoms with Crippen molar-refractivity contribution in [3.63, 3.8) is 0 Å². The van der Waals surface area contributed by atoms with Gasteiger partial charge in [-0.25, -0.2) is 8.42 Å². The zero-order chi connectivity index (χ0) is 16.0. The summed E-state index contributed by atoms with van der Waals surface area (Å²) in [5.41, 5.74) is 6.06. The molecular weight excluding hydrogens is 296 g/mol. The lowest BCUT2D eigenvalue weighted by molar-refractivity contribution is 0.227. The monoisotopic (exact) mass is 318 g/mol. The van der Waals surface area contributed by atoms with Gasteiger partial charge in [0.25, 0.3) is 0 Å². The molecule has 3 N–H and O–H groups in total. The van der Waals surface area contributed by atoms with Crippen LogP contribution >= 0.6 is 0 Å². The Morgan fingerprint density at radius 1 is 1.19 bits per heavy atom. The molecule has 1 aromatic rings. The highest BCUT2D eigenvalue weighted by molar-refractivity contribution is 7.91. The van der Waals surface area contributed by atoms with Crippen LogP contribution < -0.4 is 15.2 Å². The molecule has 0 aliphatic rings. The van der Waals surface area contributed by atoms with E-state index in [2.05, 4.69) is 0 Å². The third-order valence-corrected chi connectivity index (χ3v) is 4.78. The number of anilines is 1. The van der Waals surface area contributed by atoms with Crippen LogP contribution in [0.15, 0.2) is 17.0 Å². The van der Waals surface area contributed by atoms with Crippen molar-refractivity contribution in [1.82, 2.24) is 4.90 Å². The molecule has 7 nitrogen and oxygen atoms in total. The number of hydrogen-bond acceptors (Lipinski definition) is 7. The van der Waals surface area contributed by atoms with Crippen LogP contribution in [0.25, 0.3) is 0 Å². The molecule has 0 saturated heterocycles. The Bertz CT molecular complexity index is 574. The van der Waals surface area contributed by atoms with Crippen LogP contribution in [0.3, 0.4) is 0 Å². The maximum atomic E-state index is 12.4. The number of rotatable bonds is 8. The average Bonchev–Trinajstić information content (AvgIpc) is 2.45. The fraction of sp³-hybridized carbons (Fsp3) is 0.538. The Morgan fingerprint density at radius 2 is 1.81 bits per heavy atom. The number of sulfone groups is 1. The van der Waals surface area contributed by atoms with Gasteiger partial charge in [0.2, 0.25) is 0 Å². The minimum atomic E-state index is -3.55. The van der Waals surface area contributed by atoms with Crippen molar-refractivity contribution in [3.05, 3.63) is 12.1 Å². The first-order chi connectivity index (χ1) is 9.85. The molecule has 0 heterocycles. The van der Waals surface area contributed by atoms with Gasteiger partial charge in [0, 0.05) is 25.2 Å². The molecule has 1 rings (SSSR count). The molecule has 0 aromatic heterocycles. The summed E-state index contributed by atoms with van der Waals surface area (Å²) in [5, 5.41) is 8.82. The average molecular weight is 318 g/mol. The van der Waals surface area contributed by atoms with Gasteiger partial charge in [-0.3, -0.25) is 0 Å². The van der Waals surface area contributed by atoms with Crippen molar-refractivity contribution < 1.29 is 23.0 Å². The van der Waals surface area contributed by atoms with Crippen molar-refractivity contribution in [2.45, 2.75) is 4.90 Å². The fourth-order valence-corrected chi connectivity index (χ4v) is 3.31. The van der Waals surface area contributed by atoms with Gasteiger partial charge in [-0.15, -0.1) is 0 Å². The maximum absolute atomic E-state index is 12.4. The molecule has 0 spiro atoms. The normalized spacial score (nSPS) is 11.7. The summed E-state index contributed by atoms with van der Waals surface area (Å²) >= 11 is 0. The standard InChI is InChI=1S/C13H22N2O5S/c1-15(4-6-16)5-7-21(17,18)13-9-11(19-2)10(14)8-12(13)20-3/h8-9,16H,4-7,14H2,1-3H3. The third kappa shape index (κ3) is 4.48. The molecule has 0 bridgehead atoms. The summed E-state index contributed by atoms with van der Waals surface area (Å²) in [6.07, 6.45) is 0. The van der Waals surface area contributed by atoms with Crippen LogP contribution in [0.5, 0.6) is 11.5 Å². The molecular formula is C13H22N2O5S. The van der Waals surface area contributed by atoms with E-state index in [-0.39, 0.29) is 28.8 Å². The Hall–Kier alpha value is -1.51. The molecule has 0 radical (unpaired) electrons. The molecule has 0 amide bonds.